The molecule has 1 atom stereocenters. The lowest BCUT2D eigenvalue weighted by atomic mass is 9.91. The van der Waals surface area contributed by atoms with E-state index in [9.17, 15) is 9.59 Å². The van der Waals surface area contributed by atoms with Gasteiger partial charge in [-0.25, -0.2) is 0 Å². The van der Waals surface area contributed by atoms with Crippen molar-refractivity contribution < 1.29 is 14.3 Å². The number of esters is 2. The Morgan fingerprint density at radius 1 is 1.35 bits per heavy atom. The minimum atomic E-state index is -0.400. The summed E-state index contributed by atoms with van der Waals surface area (Å²) in [5.74, 6) is -0.0838. The largest absolute Gasteiger partial charge is 0.393 e. The molecule has 0 aromatic rings. The maximum atomic E-state index is 11.4. The number of hydrogen-bond donors (Lipinski definition) is 0. The Hall–Kier alpha value is -1.12. The van der Waals surface area contributed by atoms with E-state index in [0.717, 1.165) is 12.8 Å². The smallest absolute Gasteiger partial charge is 0.321 e. The molecular formula is C14H22O3. The van der Waals surface area contributed by atoms with E-state index in [1.807, 2.05) is 6.08 Å². The zero-order valence-corrected chi connectivity index (χ0v) is 11.2. The van der Waals surface area contributed by atoms with Crippen molar-refractivity contribution in [2.45, 2.75) is 47.0 Å². The van der Waals surface area contributed by atoms with Crippen LogP contribution in [0.3, 0.4) is 0 Å². The summed E-state index contributed by atoms with van der Waals surface area (Å²) < 4.78 is 4.56. The van der Waals surface area contributed by atoms with Gasteiger partial charge in [0.25, 0.3) is 0 Å². The van der Waals surface area contributed by atoms with Crippen LogP contribution in [0.2, 0.25) is 0 Å². The van der Waals surface area contributed by atoms with E-state index in [1.165, 1.54) is 5.57 Å². The minimum absolute atomic E-state index is 0.205. The number of allylic oxidation sites excluding steroid dienone is 1. The van der Waals surface area contributed by atoms with Gasteiger partial charge in [-0.2, -0.15) is 0 Å². The van der Waals surface area contributed by atoms with Gasteiger partial charge in [0, 0.05) is 0 Å². The van der Waals surface area contributed by atoms with Crippen molar-refractivity contribution in [1.82, 2.24) is 0 Å². The van der Waals surface area contributed by atoms with Gasteiger partial charge in [0.15, 0.2) is 0 Å². The molecule has 0 saturated carbocycles. The van der Waals surface area contributed by atoms with Crippen molar-refractivity contribution in [2.75, 3.05) is 0 Å². The quantitative estimate of drug-likeness (QED) is 0.420. The Morgan fingerprint density at radius 2 is 2.00 bits per heavy atom. The molecular weight excluding hydrogens is 216 g/mol. The van der Waals surface area contributed by atoms with E-state index in [4.69, 9.17) is 0 Å². The van der Waals surface area contributed by atoms with Crippen molar-refractivity contribution in [3.63, 3.8) is 0 Å². The Kier molecular flexibility index (Phi) is 4.91. The second kappa shape index (κ2) is 5.99. The molecule has 0 N–H and O–H groups in total. The van der Waals surface area contributed by atoms with Gasteiger partial charge in [-0.3, -0.25) is 9.59 Å². The first-order valence-electron chi connectivity index (χ1n) is 6.35. The predicted octanol–water partition coefficient (Wildman–Crippen LogP) is 3.09. The molecule has 1 rings (SSSR count). The molecule has 1 fully saturated rings. The first kappa shape index (κ1) is 13.9. The molecule has 0 spiro atoms. The molecule has 0 aliphatic carbocycles. The van der Waals surface area contributed by atoms with E-state index in [-0.39, 0.29) is 12.3 Å². The minimum Gasteiger partial charge on any atom is -0.393 e. The van der Waals surface area contributed by atoms with Crippen molar-refractivity contribution in [1.29, 1.82) is 0 Å². The average Bonchev–Trinajstić information content (AvgIpc) is 2.51. The summed E-state index contributed by atoms with van der Waals surface area (Å²) >= 11 is 0. The maximum Gasteiger partial charge on any atom is 0.321 e. The van der Waals surface area contributed by atoms with E-state index in [2.05, 4.69) is 32.4 Å². The summed E-state index contributed by atoms with van der Waals surface area (Å²) in [7, 11) is 0. The number of carbonyl (C=O) groups is 2. The molecule has 0 bridgehead atoms. The van der Waals surface area contributed by atoms with Gasteiger partial charge >= 0.3 is 11.9 Å². The molecule has 0 radical (unpaired) electrons. The molecule has 17 heavy (non-hydrogen) atoms. The predicted molar refractivity (Wildman–Crippen MR) is 66.2 cm³/mol. The van der Waals surface area contributed by atoms with Crippen LogP contribution in [-0.2, 0) is 14.3 Å². The topological polar surface area (TPSA) is 43.4 Å². The van der Waals surface area contributed by atoms with Crippen LogP contribution in [0.15, 0.2) is 11.6 Å². The van der Waals surface area contributed by atoms with Crippen LogP contribution in [0, 0.1) is 17.8 Å². The number of carbonyl (C=O) groups excluding carboxylic acids is 2. The highest BCUT2D eigenvalue weighted by Gasteiger charge is 2.32. The Bertz CT molecular complexity index is 326. The zero-order chi connectivity index (χ0) is 13.0. The number of ether oxygens (including phenoxy) is 1. The van der Waals surface area contributed by atoms with Crippen LogP contribution in [0.5, 0.6) is 0 Å². The summed E-state index contributed by atoms with van der Waals surface area (Å²) in [5, 5.41) is 0. The zero-order valence-electron chi connectivity index (χ0n) is 11.2. The van der Waals surface area contributed by atoms with Crippen LogP contribution in [0.4, 0.5) is 0 Å². The van der Waals surface area contributed by atoms with Gasteiger partial charge in [0.1, 0.15) is 0 Å². The molecule has 3 nitrogen and oxygen atoms in total. The summed E-state index contributed by atoms with van der Waals surface area (Å²) in [6.45, 7) is 8.61. The van der Waals surface area contributed by atoms with Crippen molar-refractivity contribution in [3.8, 4) is 0 Å². The van der Waals surface area contributed by atoms with E-state index in [0.29, 0.717) is 11.8 Å². The second-order valence-electron chi connectivity index (χ2n) is 5.43. The highest BCUT2D eigenvalue weighted by molar-refractivity contribution is 5.95. The van der Waals surface area contributed by atoms with E-state index >= 15 is 0 Å². The average molecular weight is 238 g/mol. The van der Waals surface area contributed by atoms with Crippen molar-refractivity contribution in [3.05, 3.63) is 11.6 Å². The third-order valence-electron chi connectivity index (χ3n) is 3.07. The highest BCUT2D eigenvalue weighted by Crippen LogP contribution is 2.25. The van der Waals surface area contributed by atoms with E-state index < -0.39 is 11.9 Å². The first-order valence-corrected chi connectivity index (χ1v) is 6.35. The number of rotatable bonds is 5. The van der Waals surface area contributed by atoms with Gasteiger partial charge in [-0.05, 0) is 24.7 Å². The van der Waals surface area contributed by atoms with Gasteiger partial charge in [0.05, 0.1) is 12.3 Å². The molecule has 1 saturated heterocycles. The van der Waals surface area contributed by atoms with Gasteiger partial charge in [-0.15, -0.1) is 0 Å². The molecule has 1 heterocycles. The lowest BCUT2D eigenvalue weighted by Crippen LogP contribution is -2.07. The second-order valence-corrected chi connectivity index (χ2v) is 5.43. The Morgan fingerprint density at radius 3 is 2.41 bits per heavy atom. The summed E-state index contributed by atoms with van der Waals surface area (Å²) in [6, 6.07) is 0. The lowest BCUT2D eigenvalue weighted by molar-refractivity contribution is -0.152. The fourth-order valence-electron chi connectivity index (χ4n) is 1.90. The molecule has 0 aromatic heterocycles. The normalized spacial score (nSPS) is 21.5. The number of hydrogen-bond acceptors (Lipinski definition) is 3. The Balaban J connectivity index is 2.69. The van der Waals surface area contributed by atoms with Crippen LogP contribution in [0.1, 0.15) is 47.0 Å². The number of cyclic esters (lactones) is 2. The molecule has 1 aliphatic heterocycles. The highest BCUT2D eigenvalue weighted by atomic mass is 16.6. The van der Waals surface area contributed by atoms with Gasteiger partial charge in [0.2, 0.25) is 0 Å². The first-order chi connectivity index (χ1) is 7.90. The van der Waals surface area contributed by atoms with Crippen molar-refractivity contribution >= 4 is 11.9 Å². The SMILES string of the molecule is CC(C)CCC(=CC1CC(=O)OC1=O)C(C)C. The van der Waals surface area contributed by atoms with Crippen LogP contribution < -0.4 is 0 Å². The maximum absolute atomic E-state index is 11.4. The molecule has 0 amide bonds. The molecule has 0 aromatic carbocycles. The summed E-state index contributed by atoms with van der Waals surface area (Å²) in [5.41, 5.74) is 1.26. The lowest BCUT2D eigenvalue weighted by Gasteiger charge is -2.14. The summed E-state index contributed by atoms with van der Waals surface area (Å²) in [6.07, 6.45) is 4.25. The third-order valence-corrected chi connectivity index (χ3v) is 3.07. The van der Waals surface area contributed by atoms with Crippen LogP contribution >= 0.6 is 0 Å². The monoisotopic (exact) mass is 238 g/mol. The molecule has 1 unspecified atom stereocenters. The van der Waals surface area contributed by atoms with Crippen LogP contribution in [-0.4, -0.2) is 11.9 Å². The standard InChI is InChI=1S/C14H22O3/c1-9(2)5-6-11(10(3)4)7-12-8-13(15)17-14(12)16/h7,9-10,12H,5-6,8H2,1-4H3. The van der Waals surface area contributed by atoms with Crippen molar-refractivity contribution in [2.24, 2.45) is 17.8 Å². The fraction of sp³-hybridized carbons (Fsp3) is 0.714. The fourth-order valence-corrected chi connectivity index (χ4v) is 1.90. The summed E-state index contributed by atoms with van der Waals surface area (Å²) in [4.78, 5) is 22.4. The van der Waals surface area contributed by atoms with Gasteiger partial charge in [-0.1, -0.05) is 39.3 Å². The van der Waals surface area contributed by atoms with Gasteiger partial charge < -0.3 is 4.74 Å². The molecule has 96 valence electrons. The molecule has 3 heteroatoms. The molecule has 1 aliphatic rings. The van der Waals surface area contributed by atoms with E-state index in [1.54, 1.807) is 0 Å². The van der Waals surface area contributed by atoms with Crippen LogP contribution in [0.25, 0.3) is 0 Å². The Labute approximate surface area is 103 Å². The third kappa shape index (κ3) is 4.33.